The maximum absolute atomic E-state index is 14.5. The van der Waals surface area contributed by atoms with E-state index in [4.69, 9.17) is 9.47 Å². The van der Waals surface area contributed by atoms with E-state index in [0.717, 1.165) is 31.4 Å². The molecule has 1 aliphatic rings. The quantitative estimate of drug-likeness (QED) is 0.103. The zero-order valence-corrected chi connectivity index (χ0v) is 40.3. The summed E-state index contributed by atoms with van der Waals surface area (Å²) < 4.78 is 12.0. The van der Waals surface area contributed by atoms with E-state index in [0.29, 0.717) is 25.3 Å². The van der Waals surface area contributed by atoms with Crippen molar-refractivity contribution >= 4 is 29.6 Å². The number of carboxylic acids is 1. The van der Waals surface area contributed by atoms with Gasteiger partial charge in [-0.05, 0) is 73.9 Å². The van der Waals surface area contributed by atoms with E-state index in [1.165, 1.54) is 7.11 Å². The third-order valence-electron chi connectivity index (χ3n) is 12.7. The van der Waals surface area contributed by atoms with Gasteiger partial charge in [0.25, 0.3) is 0 Å². The number of rotatable bonds is 25. The number of carbonyl (C=O) groups is 5. The highest BCUT2D eigenvalue weighted by molar-refractivity contribution is 5.90. The van der Waals surface area contributed by atoms with Crippen LogP contribution in [-0.4, -0.2) is 133 Å². The molecule has 13 heteroatoms. The molecule has 1 heterocycles. The zero-order chi connectivity index (χ0) is 46.4. The standard InChI is InChI=1S/C48H83N5O8/c1-16-33(7)42(52(13)46(57)40(30(2)3)50-45(56)41(31(4)5)51(12)26-24-32(6)29-48(9,10)11)38(60-14)28-39(54)53-25-20-23-37(53)43(61-15)34(8)44(55)49-36(47(58)59)27-35-21-18-17-19-22-35/h17-19,21-22,30-34,36-38,40-43H,16,20,23-29H2,1-15H3,(H,49,55)(H,50,56)(H,58,59)/t32?,33-,34+,36+,37-,38+,40-,41-,42-,43+/m0/s1. The summed E-state index contributed by atoms with van der Waals surface area (Å²) in [5, 5.41) is 15.8. The van der Waals surface area contributed by atoms with Gasteiger partial charge in [0.2, 0.25) is 23.6 Å². The third kappa shape index (κ3) is 15.9. The molecule has 2 rings (SSSR count). The van der Waals surface area contributed by atoms with Crippen LogP contribution in [0, 0.1) is 35.0 Å². The number of hydrogen-bond donors (Lipinski definition) is 3. The van der Waals surface area contributed by atoms with Crippen molar-refractivity contribution in [1.29, 1.82) is 0 Å². The lowest BCUT2D eigenvalue weighted by Gasteiger charge is -2.41. The SMILES string of the molecule is CC[C@H](C)[C@@H]([C@@H](CC(=O)N1CCC[C@H]1[C@H](OC)[C@@H](C)C(=O)N[C@H](Cc1ccccc1)C(=O)O)OC)N(C)C(=O)[C@@H](NC(=O)[C@H](C(C)C)N(C)CCC(C)CC(C)(C)C)C(C)C. The number of aliphatic carboxylic acids is 1. The fraction of sp³-hybridized carbons (Fsp3) is 0.771. The molecule has 0 aromatic heterocycles. The van der Waals surface area contributed by atoms with Gasteiger partial charge in [0, 0.05) is 34.2 Å². The molecule has 3 N–H and O–H groups in total. The van der Waals surface area contributed by atoms with Crippen LogP contribution in [0.2, 0.25) is 0 Å². The second-order valence-corrected chi connectivity index (χ2v) is 19.7. The van der Waals surface area contributed by atoms with E-state index < -0.39 is 60.2 Å². The molecule has 1 aromatic rings. The van der Waals surface area contributed by atoms with E-state index in [2.05, 4.69) is 43.2 Å². The Hall–Kier alpha value is -3.55. The fourth-order valence-electron chi connectivity index (χ4n) is 9.35. The minimum absolute atomic E-state index is 0.0125. The van der Waals surface area contributed by atoms with Gasteiger partial charge < -0.3 is 35.0 Å². The molecule has 348 valence electrons. The zero-order valence-electron chi connectivity index (χ0n) is 40.3. The molecule has 0 radical (unpaired) electrons. The van der Waals surface area contributed by atoms with Crippen LogP contribution in [0.15, 0.2) is 30.3 Å². The van der Waals surface area contributed by atoms with E-state index in [1.54, 1.807) is 30.9 Å². The summed E-state index contributed by atoms with van der Waals surface area (Å²) in [6, 6.07) is 5.87. The number of carboxylic acid groups (broad SMARTS) is 1. The first-order chi connectivity index (χ1) is 28.5. The highest BCUT2D eigenvalue weighted by Crippen LogP contribution is 2.30. The molecule has 0 aliphatic carbocycles. The van der Waals surface area contributed by atoms with Crippen LogP contribution < -0.4 is 10.6 Å². The van der Waals surface area contributed by atoms with Crippen molar-refractivity contribution in [3.05, 3.63) is 35.9 Å². The van der Waals surface area contributed by atoms with Gasteiger partial charge in [-0.2, -0.15) is 0 Å². The molecule has 0 saturated carbocycles. The number of nitrogens with one attached hydrogen (secondary N) is 2. The lowest BCUT2D eigenvalue weighted by atomic mass is 9.84. The number of hydrogen-bond acceptors (Lipinski definition) is 8. The topological polar surface area (TPSA) is 158 Å². The molecule has 4 amide bonds. The number of benzene rings is 1. The lowest BCUT2D eigenvalue weighted by molar-refractivity contribution is -0.148. The Kier molecular flexibility index (Phi) is 21.9. The normalized spacial score (nSPS) is 19.1. The predicted octanol–water partition coefficient (Wildman–Crippen LogP) is 6.28. The molecule has 61 heavy (non-hydrogen) atoms. The minimum Gasteiger partial charge on any atom is -0.480 e. The molecule has 1 fully saturated rings. The van der Waals surface area contributed by atoms with Gasteiger partial charge in [-0.15, -0.1) is 0 Å². The maximum Gasteiger partial charge on any atom is 0.326 e. The van der Waals surface area contributed by atoms with Crippen molar-refractivity contribution in [2.75, 3.05) is 41.4 Å². The van der Waals surface area contributed by atoms with Gasteiger partial charge >= 0.3 is 5.97 Å². The highest BCUT2D eigenvalue weighted by atomic mass is 16.5. The van der Waals surface area contributed by atoms with Crippen LogP contribution in [0.3, 0.4) is 0 Å². The second kappa shape index (κ2) is 24.9. The molecule has 0 bridgehead atoms. The lowest BCUT2D eigenvalue weighted by Crippen LogP contribution is -2.60. The van der Waals surface area contributed by atoms with Gasteiger partial charge in [0.1, 0.15) is 12.1 Å². The average Bonchev–Trinajstić information content (AvgIpc) is 3.67. The van der Waals surface area contributed by atoms with Crippen molar-refractivity contribution in [2.45, 2.75) is 164 Å². The number of methoxy groups -OCH3 is 2. The van der Waals surface area contributed by atoms with Crippen LogP contribution >= 0.6 is 0 Å². The largest absolute Gasteiger partial charge is 0.480 e. The highest BCUT2D eigenvalue weighted by Gasteiger charge is 2.43. The summed E-state index contributed by atoms with van der Waals surface area (Å²) in [7, 11) is 6.79. The first kappa shape index (κ1) is 53.6. The molecular weight excluding hydrogens is 775 g/mol. The summed E-state index contributed by atoms with van der Waals surface area (Å²) in [5.74, 6) is -2.69. The summed E-state index contributed by atoms with van der Waals surface area (Å²) >= 11 is 0. The fourth-order valence-corrected chi connectivity index (χ4v) is 9.35. The predicted molar refractivity (Wildman–Crippen MR) is 242 cm³/mol. The smallest absolute Gasteiger partial charge is 0.326 e. The van der Waals surface area contributed by atoms with Gasteiger partial charge in [0.05, 0.1) is 42.7 Å². The van der Waals surface area contributed by atoms with Crippen molar-refractivity contribution in [1.82, 2.24) is 25.3 Å². The van der Waals surface area contributed by atoms with Crippen LogP contribution in [0.25, 0.3) is 0 Å². The second-order valence-electron chi connectivity index (χ2n) is 19.7. The molecule has 1 aliphatic heterocycles. The molecule has 1 unspecified atom stereocenters. The first-order valence-electron chi connectivity index (χ1n) is 22.7. The Morgan fingerprint density at radius 3 is 2.03 bits per heavy atom. The maximum atomic E-state index is 14.5. The molecule has 1 aromatic carbocycles. The molecule has 0 spiro atoms. The van der Waals surface area contributed by atoms with Gasteiger partial charge in [0.15, 0.2) is 0 Å². The van der Waals surface area contributed by atoms with Crippen LogP contribution in [0.1, 0.15) is 120 Å². The molecule has 13 nitrogen and oxygen atoms in total. The molecule has 1 saturated heterocycles. The van der Waals surface area contributed by atoms with Gasteiger partial charge in [-0.3, -0.25) is 24.1 Å². The first-order valence-corrected chi connectivity index (χ1v) is 22.7. The van der Waals surface area contributed by atoms with Crippen LogP contribution in [0.5, 0.6) is 0 Å². The van der Waals surface area contributed by atoms with E-state index in [9.17, 15) is 29.1 Å². The Morgan fingerprint density at radius 2 is 1.52 bits per heavy atom. The number of ether oxygens (including phenoxy) is 2. The summed E-state index contributed by atoms with van der Waals surface area (Å²) in [4.78, 5) is 74.2. The van der Waals surface area contributed by atoms with Gasteiger partial charge in [-0.1, -0.05) is 113 Å². The Bertz CT molecular complexity index is 1530. The Morgan fingerprint density at radius 1 is 0.902 bits per heavy atom. The van der Waals surface area contributed by atoms with Crippen molar-refractivity contribution < 1.29 is 38.6 Å². The molecule has 10 atom stereocenters. The monoisotopic (exact) mass is 858 g/mol. The van der Waals surface area contributed by atoms with Crippen LogP contribution in [0.4, 0.5) is 0 Å². The summed E-state index contributed by atoms with van der Waals surface area (Å²) in [5.41, 5.74) is 1.02. The Labute approximate surface area is 368 Å². The number of carbonyl (C=O) groups excluding carboxylic acids is 4. The number of likely N-dealkylation sites (N-methyl/N-ethyl adjacent to an activating group) is 2. The number of nitrogens with zero attached hydrogens (tertiary/aromatic N) is 3. The summed E-state index contributed by atoms with van der Waals surface area (Å²) in [6.07, 6.45) is 2.86. The molecular formula is C48H83N5O8. The van der Waals surface area contributed by atoms with Gasteiger partial charge in [-0.25, -0.2) is 4.79 Å². The van der Waals surface area contributed by atoms with E-state index >= 15 is 0 Å². The number of amides is 4. The van der Waals surface area contributed by atoms with E-state index in [-0.39, 0.29) is 53.7 Å². The van der Waals surface area contributed by atoms with Crippen molar-refractivity contribution in [2.24, 2.45) is 35.0 Å². The Balaban J connectivity index is 2.26. The summed E-state index contributed by atoms with van der Waals surface area (Å²) in [6.45, 7) is 23.9. The third-order valence-corrected chi connectivity index (χ3v) is 12.7. The number of likely N-dealkylation sites (tertiary alicyclic amines) is 1. The van der Waals surface area contributed by atoms with E-state index in [1.807, 2.05) is 78.9 Å². The van der Waals surface area contributed by atoms with Crippen molar-refractivity contribution in [3.63, 3.8) is 0 Å². The minimum atomic E-state index is -1.14. The van der Waals surface area contributed by atoms with Crippen molar-refractivity contribution in [3.8, 4) is 0 Å². The van der Waals surface area contributed by atoms with Crippen LogP contribution in [-0.2, 0) is 39.9 Å². The average molecular weight is 858 g/mol.